The lowest BCUT2D eigenvalue weighted by Crippen LogP contribution is -2.47. The van der Waals surface area contributed by atoms with Gasteiger partial charge in [0, 0.05) is 6.54 Å². The fourth-order valence-electron chi connectivity index (χ4n) is 3.00. The first-order valence-corrected chi connectivity index (χ1v) is 9.51. The molecule has 30 heavy (non-hydrogen) atoms. The molecule has 1 N–H and O–H groups in total. The third-order valence-electron chi connectivity index (χ3n) is 4.62. The summed E-state index contributed by atoms with van der Waals surface area (Å²) in [5.74, 6) is -0.198. The van der Waals surface area contributed by atoms with Gasteiger partial charge in [0.15, 0.2) is 12.7 Å². The van der Waals surface area contributed by atoms with E-state index < -0.39 is 24.6 Å². The Morgan fingerprint density at radius 2 is 1.90 bits per heavy atom. The monoisotopic (exact) mass is 412 g/mol. The highest BCUT2D eigenvalue weighted by Gasteiger charge is 2.33. The summed E-state index contributed by atoms with van der Waals surface area (Å²) in [6.07, 6.45) is -0.708. The molecule has 0 spiro atoms. The molecule has 0 radical (unpaired) electrons. The molecule has 2 amide bonds. The highest BCUT2D eigenvalue weighted by atomic mass is 16.5. The maximum Gasteiger partial charge on any atom is 0.326 e. The van der Waals surface area contributed by atoms with Crippen molar-refractivity contribution in [1.29, 1.82) is 0 Å². The van der Waals surface area contributed by atoms with Gasteiger partial charge in [0.25, 0.3) is 11.8 Å². The SMILES string of the molecule is COc1ccc(CNC(=O)COC(=O)CN2C(=O)[C@H](C)Oc3ccc(C)cc32)cc1. The van der Waals surface area contributed by atoms with Crippen LogP contribution in [0.15, 0.2) is 42.5 Å². The Morgan fingerprint density at radius 3 is 2.60 bits per heavy atom. The van der Waals surface area contributed by atoms with Crippen LogP contribution in [0, 0.1) is 6.92 Å². The summed E-state index contributed by atoms with van der Waals surface area (Å²) in [6.45, 7) is 3.08. The molecule has 0 unspecified atom stereocenters. The van der Waals surface area contributed by atoms with Crippen molar-refractivity contribution in [3.05, 3.63) is 53.6 Å². The van der Waals surface area contributed by atoms with Crippen LogP contribution >= 0.6 is 0 Å². The van der Waals surface area contributed by atoms with E-state index in [1.54, 1.807) is 38.3 Å². The number of esters is 1. The Bertz CT molecular complexity index is 941. The lowest BCUT2D eigenvalue weighted by Gasteiger charge is -2.32. The van der Waals surface area contributed by atoms with Gasteiger partial charge in [-0.3, -0.25) is 19.3 Å². The smallest absolute Gasteiger partial charge is 0.326 e. The molecule has 1 aliphatic heterocycles. The second-order valence-electron chi connectivity index (χ2n) is 6.94. The number of amides is 2. The molecule has 0 fully saturated rings. The topological polar surface area (TPSA) is 94.2 Å². The van der Waals surface area contributed by atoms with E-state index in [0.29, 0.717) is 18.0 Å². The number of ether oxygens (including phenoxy) is 3. The van der Waals surface area contributed by atoms with Crippen molar-refractivity contribution in [1.82, 2.24) is 5.32 Å². The van der Waals surface area contributed by atoms with Crippen molar-refractivity contribution < 1.29 is 28.6 Å². The lowest BCUT2D eigenvalue weighted by atomic mass is 10.1. The number of anilines is 1. The van der Waals surface area contributed by atoms with E-state index in [2.05, 4.69) is 5.32 Å². The molecule has 1 aliphatic rings. The summed E-state index contributed by atoms with van der Waals surface area (Å²) in [7, 11) is 1.58. The second kappa shape index (κ2) is 9.30. The number of aryl methyl sites for hydroxylation is 1. The van der Waals surface area contributed by atoms with E-state index in [1.807, 2.05) is 25.1 Å². The first-order valence-electron chi connectivity index (χ1n) is 9.51. The molecule has 2 aromatic rings. The van der Waals surface area contributed by atoms with Crippen molar-refractivity contribution >= 4 is 23.5 Å². The molecule has 2 aromatic carbocycles. The van der Waals surface area contributed by atoms with E-state index >= 15 is 0 Å². The summed E-state index contributed by atoms with van der Waals surface area (Å²) in [6, 6.07) is 12.6. The summed E-state index contributed by atoms with van der Waals surface area (Å²) in [5, 5.41) is 2.68. The zero-order valence-corrected chi connectivity index (χ0v) is 17.1. The number of rotatable bonds is 7. The Hall–Kier alpha value is -3.55. The number of nitrogens with one attached hydrogen (secondary N) is 1. The summed E-state index contributed by atoms with van der Waals surface area (Å²) in [4.78, 5) is 38.0. The maximum absolute atomic E-state index is 12.5. The number of hydrogen-bond acceptors (Lipinski definition) is 6. The minimum absolute atomic E-state index is 0.297. The van der Waals surface area contributed by atoms with E-state index in [-0.39, 0.29) is 12.5 Å². The van der Waals surface area contributed by atoms with E-state index in [1.165, 1.54) is 4.90 Å². The predicted octanol–water partition coefficient (Wildman–Crippen LogP) is 1.98. The van der Waals surface area contributed by atoms with Crippen molar-refractivity contribution in [3.8, 4) is 11.5 Å². The van der Waals surface area contributed by atoms with Crippen LogP contribution in [0.1, 0.15) is 18.1 Å². The summed E-state index contributed by atoms with van der Waals surface area (Å²) < 4.78 is 15.7. The molecular weight excluding hydrogens is 388 g/mol. The van der Waals surface area contributed by atoms with E-state index in [9.17, 15) is 14.4 Å². The number of carbonyl (C=O) groups is 3. The Balaban J connectivity index is 1.52. The highest BCUT2D eigenvalue weighted by molar-refractivity contribution is 6.03. The van der Waals surface area contributed by atoms with Gasteiger partial charge in [-0.15, -0.1) is 0 Å². The van der Waals surface area contributed by atoms with Crippen LogP contribution < -0.4 is 19.7 Å². The van der Waals surface area contributed by atoms with E-state index in [4.69, 9.17) is 14.2 Å². The molecule has 0 aromatic heterocycles. The quantitative estimate of drug-likeness (QED) is 0.699. The molecule has 0 bridgehead atoms. The van der Waals surface area contributed by atoms with Gasteiger partial charge in [0.05, 0.1) is 12.8 Å². The van der Waals surface area contributed by atoms with Crippen molar-refractivity contribution in [2.75, 3.05) is 25.2 Å². The highest BCUT2D eigenvalue weighted by Crippen LogP contribution is 2.34. The first-order chi connectivity index (χ1) is 14.4. The Kier molecular flexibility index (Phi) is 6.56. The van der Waals surface area contributed by atoms with Gasteiger partial charge in [0.1, 0.15) is 18.0 Å². The van der Waals surface area contributed by atoms with Crippen LogP contribution in [0.25, 0.3) is 0 Å². The minimum atomic E-state index is -0.708. The third kappa shape index (κ3) is 5.08. The summed E-state index contributed by atoms with van der Waals surface area (Å²) >= 11 is 0. The fourth-order valence-corrected chi connectivity index (χ4v) is 3.00. The average molecular weight is 412 g/mol. The third-order valence-corrected chi connectivity index (χ3v) is 4.62. The average Bonchev–Trinajstić information content (AvgIpc) is 2.75. The fraction of sp³-hybridized carbons (Fsp3) is 0.318. The van der Waals surface area contributed by atoms with Crippen LogP contribution in [-0.4, -0.2) is 44.1 Å². The standard InChI is InChI=1S/C22H24N2O6/c1-14-4-9-19-18(10-14)24(22(27)15(2)30-19)12-21(26)29-13-20(25)23-11-16-5-7-17(28-3)8-6-16/h4-10,15H,11-13H2,1-3H3,(H,23,25)/t15-/m0/s1. The first kappa shape index (κ1) is 21.2. The Morgan fingerprint density at radius 1 is 1.17 bits per heavy atom. The van der Waals surface area contributed by atoms with Gasteiger partial charge in [-0.2, -0.15) is 0 Å². The Labute approximate surface area is 174 Å². The molecule has 0 saturated carbocycles. The van der Waals surface area contributed by atoms with Crippen LogP contribution in [0.5, 0.6) is 11.5 Å². The zero-order chi connectivity index (χ0) is 21.7. The largest absolute Gasteiger partial charge is 0.497 e. The van der Waals surface area contributed by atoms with Crippen molar-refractivity contribution in [2.45, 2.75) is 26.5 Å². The molecule has 3 rings (SSSR count). The number of benzene rings is 2. The van der Waals surface area contributed by atoms with Crippen molar-refractivity contribution in [2.24, 2.45) is 0 Å². The second-order valence-corrected chi connectivity index (χ2v) is 6.94. The molecule has 158 valence electrons. The number of fused-ring (bicyclic) bond motifs is 1. The van der Waals surface area contributed by atoms with Gasteiger partial charge in [-0.1, -0.05) is 18.2 Å². The minimum Gasteiger partial charge on any atom is -0.497 e. The molecule has 1 heterocycles. The number of hydrogen-bond donors (Lipinski definition) is 1. The van der Waals surface area contributed by atoms with Gasteiger partial charge in [-0.05, 0) is 49.2 Å². The molecule has 0 aliphatic carbocycles. The molecule has 8 nitrogen and oxygen atoms in total. The normalized spacial score (nSPS) is 15.1. The summed E-state index contributed by atoms with van der Waals surface area (Å²) in [5.41, 5.74) is 2.32. The predicted molar refractivity (Wildman–Crippen MR) is 109 cm³/mol. The van der Waals surface area contributed by atoms with Crippen molar-refractivity contribution in [3.63, 3.8) is 0 Å². The molecule has 0 saturated heterocycles. The molecule has 8 heteroatoms. The van der Waals surface area contributed by atoms with Crippen LogP contribution in [0.4, 0.5) is 5.69 Å². The number of methoxy groups -OCH3 is 1. The van der Waals surface area contributed by atoms with Gasteiger partial charge in [-0.25, -0.2) is 0 Å². The molecule has 1 atom stereocenters. The molecular formula is C22H24N2O6. The van der Waals surface area contributed by atoms with E-state index in [0.717, 1.165) is 16.9 Å². The number of carbonyl (C=O) groups excluding carboxylic acids is 3. The number of nitrogens with zero attached hydrogens (tertiary/aromatic N) is 1. The maximum atomic E-state index is 12.5. The van der Waals surface area contributed by atoms with Crippen LogP contribution in [-0.2, 0) is 25.7 Å². The van der Waals surface area contributed by atoms with Crippen LogP contribution in [0.3, 0.4) is 0 Å². The van der Waals surface area contributed by atoms with Crippen LogP contribution in [0.2, 0.25) is 0 Å². The zero-order valence-electron chi connectivity index (χ0n) is 17.1. The van der Waals surface area contributed by atoms with Gasteiger partial charge < -0.3 is 19.5 Å². The van der Waals surface area contributed by atoms with Gasteiger partial charge in [0.2, 0.25) is 0 Å². The van der Waals surface area contributed by atoms with Gasteiger partial charge >= 0.3 is 5.97 Å². The lowest BCUT2D eigenvalue weighted by molar-refractivity contribution is -0.148.